The number of hydrogen-bond donors (Lipinski definition) is 1. The third-order valence-corrected chi connectivity index (χ3v) is 5.15. The Bertz CT molecular complexity index is 587. The summed E-state index contributed by atoms with van der Waals surface area (Å²) in [6.07, 6.45) is 7.94. The van der Waals surface area contributed by atoms with Crippen LogP contribution in [0.15, 0.2) is 18.6 Å². The number of carboxylic acid groups (broad SMARTS) is 1. The van der Waals surface area contributed by atoms with E-state index in [4.69, 9.17) is 0 Å². The molecule has 2 unspecified atom stereocenters. The van der Waals surface area contributed by atoms with Gasteiger partial charge in [-0.05, 0) is 31.6 Å². The highest BCUT2D eigenvalue weighted by atomic mass is 16.4. The molecule has 2 saturated heterocycles. The van der Waals surface area contributed by atoms with Gasteiger partial charge in [-0.2, -0.15) is 0 Å². The number of carbonyl (C=O) groups is 2. The van der Waals surface area contributed by atoms with Gasteiger partial charge in [0.25, 0.3) is 0 Å². The number of likely N-dealkylation sites (tertiary alicyclic amines) is 1. The number of anilines is 1. The fraction of sp³-hybridized carbons (Fsp3) is 0.647. The quantitative estimate of drug-likeness (QED) is 0.900. The van der Waals surface area contributed by atoms with E-state index in [0.717, 1.165) is 38.2 Å². The first kappa shape index (κ1) is 16.7. The second-order valence-corrected chi connectivity index (χ2v) is 6.84. The summed E-state index contributed by atoms with van der Waals surface area (Å²) in [7, 11) is 0. The van der Waals surface area contributed by atoms with Gasteiger partial charge in [0, 0.05) is 37.9 Å². The monoisotopic (exact) mass is 332 g/mol. The maximum absolute atomic E-state index is 12.8. The van der Waals surface area contributed by atoms with Crippen LogP contribution in [0, 0.1) is 11.8 Å². The summed E-state index contributed by atoms with van der Waals surface area (Å²) >= 11 is 0. The van der Waals surface area contributed by atoms with Gasteiger partial charge in [0.1, 0.15) is 11.9 Å². The molecule has 1 amide bonds. The lowest BCUT2D eigenvalue weighted by molar-refractivity contribution is -0.155. The number of carbonyl (C=O) groups excluding carboxylic acids is 1. The Morgan fingerprint density at radius 2 is 1.92 bits per heavy atom. The molecule has 3 heterocycles. The molecular formula is C17H24N4O3. The summed E-state index contributed by atoms with van der Waals surface area (Å²) in [5, 5.41) is 9.45. The Hall–Kier alpha value is -2.18. The topological polar surface area (TPSA) is 86.6 Å². The van der Waals surface area contributed by atoms with E-state index in [2.05, 4.69) is 21.8 Å². The molecule has 0 spiro atoms. The van der Waals surface area contributed by atoms with Gasteiger partial charge in [0.2, 0.25) is 5.91 Å². The van der Waals surface area contributed by atoms with Crippen LogP contribution in [-0.4, -0.2) is 57.5 Å². The molecule has 0 saturated carbocycles. The van der Waals surface area contributed by atoms with Crippen LogP contribution in [0.5, 0.6) is 0 Å². The lowest BCUT2D eigenvalue weighted by atomic mass is 9.89. The summed E-state index contributed by atoms with van der Waals surface area (Å²) in [5.41, 5.74) is 0. The van der Waals surface area contributed by atoms with Crippen LogP contribution in [0.2, 0.25) is 0 Å². The van der Waals surface area contributed by atoms with E-state index in [0.29, 0.717) is 18.9 Å². The molecule has 2 aliphatic heterocycles. The molecule has 1 N–H and O–H groups in total. The van der Waals surface area contributed by atoms with Gasteiger partial charge in [-0.25, -0.2) is 9.78 Å². The Balaban J connectivity index is 1.61. The average Bonchev–Trinajstić information content (AvgIpc) is 2.62. The van der Waals surface area contributed by atoms with Gasteiger partial charge in [-0.15, -0.1) is 0 Å². The molecule has 0 aromatic carbocycles. The standard InChI is InChI=1S/C17H24N4O3/c1-12-2-9-21(14(10-12)17(23)24)16(22)13-3-7-20(8-4-13)15-11-18-5-6-19-15/h5-6,11-14H,2-4,7-10H2,1H3,(H,23,24). The van der Waals surface area contributed by atoms with Gasteiger partial charge in [0.05, 0.1) is 6.20 Å². The van der Waals surface area contributed by atoms with Crippen LogP contribution >= 0.6 is 0 Å². The highest BCUT2D eigenvalue weighted by Crippen LogP contribution is 2.28. The highest BCUT2D eigenvalue weighted by molar-refractivity contribution is 5.85. The van der Waals surface area contributed by atoms with E-state index in [-0.39, 0.29) is 11.8 Å². The predicted molar refractivity (Wildman–Crippen MR) is 88.5 cm³/mol. The molecule has 0 aliphatic carbocycles. The second kappa shape index (κ2) is 7.15. The van der Waals surface area contributed by atoms with E-state index in [1.165, 1.54) is 0 Å². The lowest BCUT2D eigenvalue weighted by Crippen LogP contribution is -2.53. The maximum atomic E-state index is 12.8. The first-order valence-electron chi connectivity index (χ1n) is 8.60. The van der Waals surface area contributed by atoms with Gasteiger partial charge >= 0.3 is 5.97 Å². The summed E-state index contributed by atoms with van der Waals surface area (Å²) in [6.45, 7) is 4.10. The zero-order valence-electron chi connectivity index (χ0n) is 14.0. The summed E-state index contributed by atoms with van der Waals surface area (Å²) in [5.74, 6) is 0.223. The molecule has 1 aromatic heterocycles. The van der Waals surface area contributed by atoms with Crippen molar-refractivity contribution >= 4 is 17.7 Å². The number of carboxylic acids is 1. The Kier molecular flexibility index (Phi) is 4.97. The van der Waals surface area contributed by atoms with Crippen LogP contribution < -0.4 is 4.90 Å². The smallest absolute Gasteiger partial charge is 0.326 e. The van der Waals surface area contributed by atoms with Crippen molar-refractivity contribution in [2.24, 2.45) is 11.8 Å². The molecule has 7 nitrogen and oxygen atoms in total. The van der Waals surface area contributed by atoms with Gasteiger partial charge < -0.3 is 14.9 Å². The lowest BCUT2D eigenvalue weighted by Gasteiger charge is -2.40. The minimum atomic E-state index is -0.883. The number of amides is 1. The molecule has 2 atom stereocenters. The van der Waals surface area contributed by atoms with E-state index < -0.39 is 12.0 Å². The maximum Gasteiger partial charge on any atom is 0.326 e. The van der Waals surface area contributed by atoms with Crippen molar-refractivity contribution in [2.45, 2.75) is 38.6 Å². The largest absolute Gasteiger partial charge is 0.480 e. The third-order valence-electron chi connectivity index (χ3n) is 5.15. The van der Waals surface area contributed by atoms with Gasteiger partial charge in [0.15, 0.2) is 0 Å². The van der Waals surface area contributed by atoms with Crippen molar-refractivity contribution in [3.63, 3.8) is 0 Å². The fourth-order valence-corrected chi connectivity index (χ4v) is 3.68. The summed E-state index contributed by atoms with van der Waals surface area (Å²) < 4.78 is 0. The number of nitrogens with zero attached hydrogens (tertiary/aromatic N) is 4. The Morgan fingerprint density at radius 1 is 1.17 bits per heavy atom. The minimum absolute atomic E-state index is 0.00750. The van der Waals surface area contributed by atoms with Crippen molar-refractivity contribution in [2.75, 3.05) is 24.5 Å². The molecule has 2 aliphatic rings. The van der Waals surface area contributed by atoms with Crippen LogP contribution in [0.25, 0.3) is 0 Å². The Morgan fingerprint density at radius 3 is 2.54 bits per heavy atom. The molecule has 0 radical (unpaired) electrons. The summed E-state index contributed by atoms with van der Waals surface area (Å²) in [6, 6.07) is -0.667. The van der Waals surface area contributed by atoms with Crippen molar-refractivity contribution < 1.29 is 14.7 Å². The van der Waals surface area contributed by atoms with Crippen molar-refractivity contribution in [1.29, 1.82) is 0 Å². The van der Waals surface area contributed by atoms with Crippen LogP contribution in [0.4, 0.5) is 5.82 Å². The van der Waals surface area contributed by atoms with E-state index in [1.54, 1.807) is 23.5 Å². The molecule has 3 rings (SSSR count). The van der Waals surface area contributed by atoms with Crippen LogP contribution in [0.1, 0.15) is 32.6 Å². The SMILES string of the molecule is CC1CCN(C(=O)C2CCN(c3cnccn3)CC2)C(C(=O)O)C1. The number of aromatic nitrogens is 2. The zero-order chi connectivity index (χ0) is 17.1. The number of piperidine rings is 2. The molecule has 7 heteroatoms. The van der Waals surface area contributed by atoms with Crippen LogP contribution in [0.3, 0.4) is 0 Å². The second-order valence-electron chi connectivity index (χ2n) is 6.84. The molecular weight excluding hydrogens is 308 g/mol. The number of aliphatic carboxylic acids is 1. The molecule has 24 heavy (non-hydrogen) atoms. The van der Waals surface area contributed by atoms with E-state index >= 15 is 0 Å². The fourth-order valence-electron chi connectivity index (χ4n) is 3.68. The van der Waals surface area contributed by atoms with Gasteiger partial charge in [-0.3, -0.25) is 9.78 Å². The first-order chi connectivity index (χ1) is 11.6. The first-order valence-corrected chi connectivity index (χ1v) is 8.60. The van der Waals surface area contributed by atoms with Crippen molar-refractivity contribution in [3.05, 3.63) is 18.6 Å². The normalized spacial score (nSPS) is 25.5. The van der Waals surface area contributed by atoms with Crippen LogP contribution in [-0.2, 0) is 9.59 Å². The van der Waals surface area contributed by atoms with Crippen molar-refractivity contribution in [3.8, 4) is 0 Å². The van der Waals surface area contributed by atoms with Gasteiger partial charge in [-0.1, -0.05) is 6.92 Å². The minimum Gasteiger partial charge on any atom is -0.480 e. The molecule has 1 aromatic rings. The Labute approximate surface area is 141 Å². The predicted octanol–water partition coefficient (Wildman–Crippen LogP) is 1.40. The molecule has 130 valence electrons. The third kappa shape index (κ3) is 3.49. The zero-order valence-corrected chi connectivity index (χ0v) is 14.0. The van der Waals surface area contributed by atoms with E-state index in [9.17, 15) is 14.7 Å². The average molecular weight is 332 g/mol. The summed E-state index contributed by atoms with van der Waals surface area (Å²) in [4.78, 5) is 36.5. The van der Waals surface area contributed by atoms with Crippen molar-refractivity contribution in [1.82, 2.24) is 14.9 Å². The molecule has 2 fully saturated rings. The molecule has 0 bridgehead atoms. The number of rotatable bonds is 3. The number of hydrogen-bond acceptors (Lipinski definition) is 5. The van der Waals surface area contributed by atoms with E-state index in [1.807, 2.05) is 0 Å². The highest BCUT2D eigenvalue weighted by Gasteiger charge is 2.38.